The van der Waals surface area contributed by atoms with E-state index in [1.54, 1.807) is 29.2 Å². The van der Waals surface area contributed by atoms with Crippen LogP contribution in [0.5, 0.6) is 0 Å². The quantitative estimate of drug-likeness (QED) is 0.579. The van der Waals surface area contributed by atoms with Crippen LogP contribution in [0.25, 0.3) is 11.4 Å². The van der Waals surface area contributed by atoms with Crippen LogP contribution >= 0.6 is 23.2 Å². The van der Waals surface area contributed by atoms with Crippen molar-refractivity contribution in [1.29, 1.82) is 0 Å². The van der Waals surface area contributed by atoms with Gasteiger partial charge in [0.1, 0.15) is 6.54 Å². The monoisotopic (exact) mass is 403 g/mol. The average molecular weight is 404 g/mol. The molecule has 0 aliphatic carbocycles. The number of benzene rings is 2. The Kier molecular flexibility index (Phi) is 6.14. The number of carbonyl (C=O) groups is 1. The van der Waals surface area contributed by atoms with Crippen molar-refractivity contribution in [1.82, 2.24) is 15.0 Å². The molecule has 2 aromatic carbocycles. The number of nitrogens with zero attached hydrogens (tertiary/aromatic N) is 3. The van der Waals surface area contributed by atoms with E-state index in [0.29, 0.717) is 21.8 Å². The first-order valence-electron chi connectivity index (χ1n) is 8.55. The van der Waals surface area contributed by atoms with E-state index in [-0.39, 0.29) is 24.9 Å². The zero-order valence-corrected chi connectivity index (χ0v) is 16.5. The van der Waals surface area contributed by atoms with Gasteiger partial charge in [0.05, 0.1) is 6.42 Å². The van der Waals surface area contributed by atoms with Gasteiger partial charge in [0, 0.05) is 21.7 Å². The molecule has 1 heterocycles. The van der Waals surface area contributed by atoms with Crippen LogP contribution in [0.4, 0.5) is 0 Å². The first-order chi connectivity index (χ1) is 12.9. The van der Waals surface area contributed by atoms with Gasteiger partial charge in [-0.1, -0.05) is 40.5 Å². The Hall–Kier alpha value is -2.37. The van der Waals surface area contributed by atoms with Crippen LogP contribution in [0, 0.1) is 0 Å². The summed E-state index contributed by atoms with van der Waals surface area (Å²) in [5.41, 5.74) is 1.71. The third-order valence-corrected chi connectivity index (χ3v) is 4.59. The Balaban J connectivity index is 1.71. The van der Waals surface area contributed by atoms with Gasteiger partial charge >= 0.3 is 0 Å². The molecule has 1 amide bonds. The third-order valence-electron chi connectivity index (χ3n) is 4.09. The lowest BCUT2D eigenvalue weighted by atomic mass is 10.1. The van der Waals surface area contributed by atoms with Gasteiger partial charge in [0.2, 0.25) is 17.6 Å². The predicted molar refractivity (Wildman–Crippen MR) is 106 cm³/mol. The van der Waals surface area contributed by atoms with Gasteiger partial charge in [-0.3, -0.25) is 4.79 Å². The lowest BCUT2D eigenvalue weighted by molar-refractivity contribution is -0.133. The molecule has 0 spiro atoms. The molecule has 0 fully saturated rings. The fourth-order valence-corrected chi connectivity index (χ4v) is 2.87. The number of rotatable bonds is 6. The van der Waals surface area contributed by atoms with Crippen LogP contribution in [-0.2, 0) is 17.8 Å². The molecule has 0 radical (unpaired) electrons. The van der Waals surface area contributed by atoms with Gasteiger partial charge in [0.15, 0.2) is 0 Å². The summed E-state index contributed by atoms with van der Waals surface area (Å²) in [6, 6.07) is 14.4. The van der Waals surface area contributed by atoms with Crippen LogP contribution in [0.1, 0.15) is 25.3 Å². The zero-order valence-electron chi connectivity index (χ0n) is 15.0. The second-order valence-corrected chi connectivity index (χ2v) is 7.31. The first-order valence-corrected chi connectivity index (χ1v) is 9.30. The SMILES string of the molecule is CC(C)N(Cc1nc(-c2ccc(Cl)cc2)no1)C(=O)Cc1ccc(Cl)cc1. The van der Waals surface area contributed by atoms with Gasteiger partial charge in [-0.15, -0.1) is 0 Å². The van der Waals surface area contributed by atoms with Crippen molar-refractivity contribution in [3.05, 3.63) is 70.0 Å². The normalized spacial score (nSPS) is 11.0. The first kappa shape index (κ1) is 19.4. The zero-order chi connectivity index (χ0) is 19.4. The second-order valence-electron chi connectivity index (χ2n) is 6.44. The average Bonchev–Trinajstić information content (AvgIpc) is 3.10. The number of halogens is 2. The summed E-state index contributed by atoms with van der Waals surface area (Å²) in [6.45, 7) is 4.16. The molecular formula is C20H19Cl2N3O2. The molecule has 7 heteroatoms. The van der Waals surface area contributed by atoms with Crippen molar-refractivity contribution in [2.45, 2.75) is 32.9 Å². The minimum absolute atomic E-state index is 0.00400. The van der Waals surface area contributed by atoms with Crippen LogP contribution in [0.15, 0.2) is 53.1 Å². The van der Waals surface area contributed by atoms with E-state index in [1.807, 2.05) is 38.1 Å². The Morgan fingerprint density at radius 1 is 1.04 bits per heavy atom. The maximum atomic E-state index is 12.7. The number of hydrogen-bond acceptors (Lipinski definition) is 4. The number of aromatic nitrogens is 2. The van der Waals surface area contributed by atoms with Gasteiger partial charge in [-0.25, -0.2) is 0 Å². The van der Waals surface area contributed by atoms with E-state index in [9.17, 15) is 4.79 Å². The van der Waals surface area contributed by atoms with Crippen LogP contribution < -0.4 is 0 Å². The maximum absolute atomic E-state index is 12.7. The molecule has 0 unspecified atom stereocenters. The van der Waals surface area contributed by atoms with Crippen molar-refractivity contribution < 1.29 is 9.32 Å². The maximum Gasteiger partial charge on any atom is 0.246 e. The van der Waals surface area contributed by atoms with Crippen molar-refractivity contribution in [2.75, 3.05) is 0 Å². The molecule has 1 aromatic heterocycles. The molecule has 0 aliphatic heterocycles. The summed E-state index contributed by atoms with van der Waals surface area (Å²) in [7, 11) is 0. The number of carbonyl (C=O) groups excluding carboxylic acids is 1. The van der Waals surface area contributed by atoms with E-state index in [4.69, 9.17) is 27.7 Å². The number of amides is 1. The smallest absolute Gasteiger partial charge is 0.246 e. The number of hydrogen-bond donors (Lipinski definition) is 0. The van der Waals surface area contributed by atoms with Gasteiger partial charge in [-0.05, 0) is 55.8 Å². The fourth-order valence-electron chi connectivity index (χ4n) is 2.62. The molecular weight excluding hydrogens is 385 g/mol. The summed E-state index contributed by atoms with van der Waals surface area (Å²) in [5.74, 6) is 0.840. The second kappa shape index (κ2) is 8.55. The molecule has 0 atom stereocenters. The van der Waals surface area contributed by atoms with Gasteiger partial charge in [0.25, 0.3) is 0 Å². The summed E-state index contributed by atoms with van der Waals surface area (Å²) < 4.78 is 5.34. The molecule has 3 aromatic rings. The summed E-state index contributed by atoms with van der Waals surface area (Å²) in [4.78, 5) is 18.9. The molecule has 5 nitrogen and oxygen atoms in total. The Bertz CT molecular complexity index is 906. The summed E-state index contributed by atoms with van der Waals surface area (Å²) in [5, 5.41) is 5.29. The van der Waals surface area contributed by atoms with E-state index in [2.05, 4.69) is 10.1 Å². The van der Waals surface area contributed by atoms with Crippen LogP contribution in [0.3, 0.4) is 0 Å². The van der Waals surface area contributed by atoms with E-state index in [0.717, 1.165) is 11.1 Å². The van der Waals surface area contributed by atoms with Crippen LogP contribution in [0.2, 0.25) is 10.0 Å². The Labute approximate surface area is 167 Å². The molecule has 27 heavy (non-hydrogen) atoms. The summed E-state index contributed by atoms with van der Waals surface area (Å²) in [6.07, 6.45) is 0.285. The molecule has 140 valence electrons. The highest BCUT2D eigenvalue weighted by molar-refractivity contribution is 6.30. The Morgan fingerprint density at radius 2 is 1.63 bits per heavy atom. The lowest BCUT2D eigenvalue weighted by Crippen LogP contribution is -2.37. The van der Waals surface area contributed by atoms with E-state index >= 15 is 0 Å². The molecule has 0 aliphatic rings. The third kappa shape index (κ3) is 5.08. The highest BCUT2D eigenvalue weighted by atomic mass is 35.5. The van der Waals surface area contributed by atoms with Crippen molar-refractivity contribution in [2.24, 2.45) is 0 Å². The van der Waals surface area contributed by atoms with Crippen LogP contribution in [-0.4, -0.2) is 27.0 Å². The lowest BCUT2D eigenvalue weighted by Gasteiger charge is -2.25. The predicted octanol–water partition coefficient (Wildman–Crippen LogP) is 5.02. The van der Waals surface area contributed by atoms with Crippen molar-refractivity contribution in [3.8, 4) is 11.4 Å². The van der Waals surface area contributed by atoms with E-state index in [1.165, 1.54) is 0 Å². The minimum Gasteiger partial charge on any atom is -0.337 e. The molecule has 0 saturated carbocycles. The standard InChI is InChI=1S/C20H19Cl2N3O2/c1-13(2)25(19(26)11-14-3-7-16(21)8-4-14)12-18-23-20(24-27-18)15-5-9-17(22)10-6-15/h3-10,13H,11-12H2,1-2H3. The van der Waals surface area contributed by atoms with Gasteiger partial charge in [-0.2, -0.15) is 4.98 Å². The minimum atomic E-state index is -0.0152. The topological polar surface area (TPSA) is 59.2 Å². The highest BCUT2D eigenvalue weighted by Crippen LogP contribution is 2.20. The summed E-state index contributed by atoms with van der Waals surface area (Å²) >= 11 is 11.8. The molecule has 0 saturated heterocycles. The molecule has 0 bridgehead atoms. The molecule has 0 N–H and O–H groups in total. The van der Waals surface area contributed by atoms with E-state index < -0.39 is 0 Å². The van der Waals surface area contributed by atoms with Gasteiger partial charge < -0.3 is 9.42 Å². The molecule has 3 rings (SSSR count). The van der Waals surface area contributed by atoms with Crippen molar-refractivity contribution >= 4 is 29.1 Å². The largest absolute Gasteiger partial charge is 0.337 e. The van der Waals surface area contributed by atoms with Crippen molar-refractivity contribution in [3.63, 3.8) is 0 Å². The highest BCUT2D eigenvalue weighted by Gasteiger charge is 2.21. The fraction of sp³-hybridized carbons (Fsp3) is 0.250. The Morgan fingerprint density at radius 3 is 2.22 bits per heavy atom.